The highest BCUT2D eigenvalue weighted by atomic mass is 32.2. The molecule has 1 atom stereocenters. The number of amides is 1. The van der Waals surface area contributed by atoms with Crippen LogP contribution in [0, 0.1) is 0 Å². The van der Waals surface area contributed by atoms with E-state index in [4.69, 9.17) is 4.74 Å². The Hall–Kier alpha value is -2.64. The smallest absolute Gasteiger partial charge is 0.268 e. The van der Waals surface area contributed by atoms with E-state index in [2.05, 4.69) is 5.32 Å². The molecule has 1 amide bonds. The Bertz CT molecular complexity index is 1030. The van der Waals surface area contributed by atoms with E-state index in [0.29, 0.717) is 37.6 Å². The molecule has 2 aliphatic rings. The number of fused-ring (bicyclic) bond motifs is 1. The minimum absolute atomic E-state index is 0.162. The fraction of sp³-hybridized carbons (Fsp3) is 0.286. The van der Waals surface area contributed by atoms with E-state index in [-0.39, 0.29) is 15.8 Å². The van der Waals surface area contributed by atoms with Gasteiger partial charge in [0.1, 0.15) is 0 Å². The predicted octanol–water partition coefficient (Wildman–Crippen LogP) is 2.35. The molecular formula is C21H22N2O4S. The van der Waals surface area contributed by atoms with Crippen molar-refractivity contribution in [2.75, 3.05) is 26.3 Å². The van der Waals surface area contributed by atoms with Crippen LogP contribution in [0.2, 0.25) is 0 Å². The Morgan fingerprint density at radius 2 is 1.68 bits per heavy atom. The van der Waals surface area contributed by atoms with Crippen LogP contribution in [0.4, 0.5) is 0 Å². The summed E-state index contributed by atoms with van der Waals surface area (Å²) >= 11 is 0. The van der Waals surface area contributed by atoms with Gasteiger partial charge in [-0.2, -0.15) is 0 Å². The number of carbonyl (C=O) groups excluding carboxylic acids is 1. The van der Waals surface area contributed by atoms with Gasteiger partial charge >= 0.3 is 0 Å². The number of nitrogens with zero attached hydrogens (tertiary/aromatic N) is 1. The maximum absolute atomic E-state index is 13.2. The van der Waals surface area contributed by atoms with Crippen LogP contribution in [0.5, 0.6) is 0 Å². The van der Waals surface area contributed by atoms with E-state index in [1.54, 1.807) is 29.2 Å². The molecule has 0 spiro atoms. The largest absolute Gasteiger partial charge is 0.378 e. The van der Waals surface area contributed by atoms with Gasteiger partial charge in [-0.25, -0.2) is 8.42 Å². The summed E-state index contributed by atoms with van der Waals surface area (Å²) in [5.74, 6) is -0.470. The predicted molar refractivity (Wildman–Crippen MR) is 106 cm³/mol. The van der Waals surface area contributed by atoms with E-state index in [0.717, 1.165) is 5.56 Å². The van der Waals surface area contributed by atoms with Crippen LogP contribution in [0.15, 0.2) is 64.4 Å². The molecule has 0 bridgehead atoms. The van der Waals surface area contributed by atoms with E-state index >= 15 is 0 Å². The molecular weight excluding hydrogens is 376 g/mol. The Morgan fingerprint density at radius 3 is 2.39 bits per heavy atom. The second-order valence-electron chi connectivity index (χ2n) is 6.89. The van der Waals surface area contributed by atoms with Crippen molar-refractivity contribution in [3.05, 3.63) is 70.6 Å². The van der Waals surface area contributed by atoms with E-state index in [9.17, 15) is 13.2 Å². The molecule has 0 radical (unpaired) electrons. The number of nitrogens with one attached hydrogen (secondary N) is 1. The highest BCUT2D eigenvalue weighted by molar-refractivity contribution is 7.97. The van der Waals surface area contributed by atoms with Crippen LogP contribution in [0.3, 0.4) is 0 Å². The lowest BCUT2D eigenvalue weighted by Gasteiger charge is -2.27. The summed E-state index contributed by atoms with van der Waals surface area (Å²) in [7, 11) is -3.89. The van der Waals surface area contributed by atoms with Crippen LogP contribution in [0.1, 0.15) is 24.1 Å². The number of carbonyl (C=O) groups is 1. The van der Waals surface area contributed by atoms with Gasteiger partial charge in [-0.3, -0.25) is 4.79 Å². The zero-order valence-corrected chi connectivity index (χ0v) is 16.4. The highest BCUT2D eigenvalue weighted by Gasteiger charge is 2.42. The Balaban J connectivity index is 1.79. The summed E-state index contributed by atoms with van der Waals surface area (Å²) < 4.78 is 31.7. The molecule has 2 aliphatic heterocycles. The molecule has 1 fully saturated rings. The first kappa shape index (κ1) is 18.7. The molecule has 2 aromatic carbocycles. The van der Waals surface area contributed by atoms with Crippen molar-refractivity contribution in [1.82, 2.24) is 10.2 Å². The summed E-state index contributed by atoms with van der Waals surface area (Å²) in [6.45, 7) is 3.54. The lowest BCUT2D eigenvalue weighted by Crippen LogP contribution is -2.42. The Kier molecular flexibility index (Phi) is 4.95. The van der Waals surface area contributed by atoms with Crippen molar-refractivity contribution in [3.8, 4) is 0 Å². The first-order valence-corrected chi connectivity index (χ1v) is 10.8. The molecule has 1 N–H and O–H groups in total. The maximum atomic E-state index is 13.2. The Labute approximate surface area is 164 Å². The van der Waals surface area contributed by atoms with Crippen molar-refractivity contribution in [3.63, 3.8) is 0 Å². The van der Waals surface area contributed by atoms with Crippen molar-refractivity contribution < 1.29 is 17.9 Å². The molecule has 0 unspecified atom stereocenters. The lowest BCUT2D eigenvalue weighted by atomic mass is 10.1. The first-order valence-electron chi connectivity index (χ1n) is 9.27. The number of sulfone groups is 1. The summed E-state index contributed by atoms with van der Waals surface area (Å²) in [6.07, 6.45) is 0. The molecule has 4 rings (SSSR count). The number of morpholine rings is 1. The van der Waals surface area contributed by atoms with Gasteiger partial charge in [-0.15, -0.1) is 0 Å². The fourth-order valence-corrected chi connectivity index (χ4v) is 5.32. The first-order chi connectivity index (χ1) is 13.5. The van der Waals surface area contributed by atoms with Crippen molar-refractivity contribution in [2.24, 2.45) is 0 Å². The number of hydrogen-bond donors (Lipinski definition) is 1. The topological polar surface area (TPSA) is 75.7 Å². The third-order valence-electron chi connectivity index (χ3n) is 5.09. The Morgan fingerprint density at radius 1 is 1.04 bits per heavy atom. The zero-order chi connectivity index (χ0) is 19.7. The molecule has 6 nitrogen and oxygen atoms in total. The molecule has 2 heterocycles. The van der Waals surface area contributed by atoms with Gasteiger partial charge in [0.2, 0.25) is 9.84 Å². The SMILES string of the molecule is C[C@H](NC1=C(C(=O)N2CCOCC2)S(=O)(=O)c2ccccc21)c1ccccc1. The molecule has 1 saturated heterocycles. The van der Waals surface area contributed by atoms with Gasteiger partial charge < -0.3 is 15.0 Å². The lowest BCUT2D eigenvalue weighted by molar-refractivity contribution is -0.130. The monoisotopic (exact) mass is 398 g/mol. The average molecular weight is 398 g/mol. The molecule has 146 valence electrons. The second kappa shape index (κ2) is 7.41. The minimum Gasteiger partial charge on any atom is -0.378 e. The van der Waals surface area contributed by atoms with Gasteiger partial charge in [-0.05, 0) is 18.6 Å². The zero-order valence-electron chi connectivity index (χ0n) is 15.6. The summed E-state index contributed by atoms with van der Waals surface area (Å²) in [5, 5.41) is 3.30. The third kappa shape index (κ3) is 3.21. The van der Waals surface area contributed by atoms with Crippen LogP contribution in [-0.2, 0) is 19.4 Å². The normalized spacial score (nSPS) is 19.2. The van der Waals surface area contributed by atoms with Gasteiger partial charge in [0.15, 0.2) is 4.91 Å². The number of rotatable bonds is 4. The van der Waals surface area contributed by atoms with Crippen molar-refractivity contribution >= 4 is 21.4 Å². The fourth-order valence-electron chi connectivity index (χ4n) is 3.59. The highest BCUT2D eigenvalue weighted by Crippen LogP contribution is 2.39. The summed E-state index contributed by atoms with van der Waals surface area (Å²) in [5.41, 5.74) is 1.93. The molecule has 0 aromatic heterocycles. The van der Waals surface area contributed by atoms with Crippen LogP contribution in [0.25, 0.3) is 5.70 Å². The number of benzene rings is 2. The third-order valence-corrected chi connectivity index (χ3v) is 6.95. The van der Waals surface area contributed by atoms with Crippen molar-refractivity contribution in [2.45, 2.75) is 17.9 Å². The molecule has 2 aromatic rings. The van der Waals surface area contributed by atoms with Crippen LogP contribution in [-0.4, -0.2) is 45.5 Å². The van der Waals surface area contributed by atoms with Gasteiger partial charge in [0, 0.05) is 24.7 Å². The maximum Gasteiger partial charge on any atom is 0.268 e. The molecule has 28 heavy (non-hydrogen) atoms. The van der Waals surface area contributed by atoms with Gasteiger partial charge in [0.25, 0.3) is 5.91 Å². The standard InChI is InChI=1S/C21H22N2O4S/c1-15(16-7-3-2-4-8-16)22-19-17-9-5-6-10-18(17)28(25,26)20(19)21(24)23-11-13-27-14-12-23/h2-10,15,22H,11-14H2,1H3/t15-/m0/s1. The molecule has 0 saturated carbocycles. The quantitative estimate of drug-likeness (QED) is 0.856. The number of ether oxygens (including phenoxy) is 1. The van der Waals surface area contributed by atoms with E-state index in [1.165, 1.54) is 0 Å². The molecule has 7 heteroatoms. The summed E-state index contributed by atoms with van der Waals surface area (Å²) in [6, 6.07) is 16.3. The van der Waals surface area contributed by atoms with Crippen LogP contribution < -0.4 is 5.32 Å². The van der Waals surface area contributed by atoms with E-state index < -0.39 is 15.7 Å². The summed E-state index contributed by atoms with van der Waals surface area (Å²) in [4.78, 5) is 14.8. The van der Waals surface area contributed by atoms with Gasteiger partial charge in [0.05, 0.1) is 23.8 Å². The second-order valence-corrected chi connectivity index (χ2v) is 8.74. The average Bonchev–Trinajstić information content (AvgIpc) is 2.95. The van der Waals surface area contributed by atoms with E-state index in [1.807, 2.05) is 37.3 Å². The van der Waals surface area contributed by atoms with Crippen LogP contribution >= 0.6 is 0 Å². The minimum atomic E-state index is -3.89. The molecule has 0 aliphatic carbocycles. The van der Waals surface area contributed by atoms with Crippen molar-refractivity contribution in [1.29, 1.82) is 0 Å². The number of hydrogen-bond acceptors (Lipinski definition) is 5. The van der Waals surface area contributed by atoms with Gasteiger partial charge in [-0.1, -0.05) is 48.5 Å².